The van der Waals surface area contributed by atoms with Gasteiger partial charge in [0.05, 0.1) is 6.10 Å². The Morgan fingerprint density at radius 3 is 3.00 bits per heavy atom. The highest BCUT2D eigenvalue weighted by Gasteiger charge is 2.31. The second kappa shape index (κ2) is 6.50. The lowest BCUT2D eigenvalue weighted by Crippen LogP contribution is -2.35. The van der Waals surface area contributed by atoms with Gasteiger partial charge in [0.2, 0.25) is 0 Å². The summed E-state index contributed by atoms with van der Waals surface area (Å²) in [6.07, 6.45) is 1.68. The molecular weight excluding hydrogens is 260 g/mol. The lowest BCUT2D eigenvalue weighted by atomic mass is 10.1. The van der Waals surface area contributed by atoms with E-state index in [0.717, 1.165) is 19.4 Å². The summed E-state index contributed by atoms with van der Waals surface area (Å²) in [4.78, 5) is 14.7. The number of hydrogen-bond acceptors (Lipinski definition) is 4. The van der Waals surface area contributed by atoms with Crippen molar-refractivity contribution in [3.05, 3.63) is 22.4 Å². The van der Waals surface area contributed by atoms with Crippen LogP contribution >= 0.6 is 11.3 Å². The molecule has 0 aliphatic carbocycles. The Balaban J connectivity index is 1.75. The fraction of sp³-hybridized carbons (Fsp3) is 0.643. The molecule has 0 radical (unpaired) electrons. The summed E-state index contributed by atoms with van der Waals surface area (Å²) in [6, 6.07) is 4.54. The lowest BCUT2D eigenvalue weighted by Gasteiger charge is -2.19. The maximum absolute atomic E-state index is 11.8. The van der Waals surface area contributed by atoms with Crippen LogP contribution in [0.5, 0.6) is 0 Å². The molecule has 0 unspecified atom stereocenters. The molecule has 4 nitrogen and oxygen atoms in total. The number of carbonyl (C=O) groups is 1. The minimum absolute atomic E-state index is 0.0776. The van der Waals surface area contributed by atoms with Gasteiger partial charge in [-0.2, -0.15) is 0 Å². The molecule has 1 saturated heterocycles. The van der Waals surface area contributed by atoms with Gasteiger partial charge in [-0.3, -0.25) is 4.79 Å². The molecule has 1 aliphatic rings. The molecule has 2 heterocycles. The SMILES string of the molecule is C[C@H](NC[C@@H]1CC[C@H](C(=O)N(C)C)O1)c1cccs1. The van der Waals surface area contributed by atoms with Gasteiger partial charge in [0.1, 0.15) is 6.10 Å². The van der Waals surface area contributed by atoms with Crippen LogP contribution in [0.3, 0.4) is 0 Å². The van der Waals surface area contributed by atoms with Crippen molar-refractivity contribution in [3.63, 3.8) is 0 Å². The average Bonchev–Trinajstić information content (AvgIpc) is 3.06. The first kappa shape index (κ1) is 14.5. The van der Waals surface area contributed by atoms with Crippen LogP contribution in [0.15, 0.2) is 17.5 Å². The van der Waals surface area contributed by atoms with Gasteiger partial charge in [-0.1, -0.05) is 6.07 Å². The Bertz CT molecular complexity index is 406. The summed E-state index contributed by atoms with van der Waals surface area (Å²) in [5.41, 5.74) is 0. The highest BCUT2D eigenvalue weighted by Crippen LogP contribution is 2.22. The van der Waals surface area contributed by atoms with Crippen molar-refractivity contribution >= 4 is 17.2 Å². The van der Waals surface area contributed by atoms with Crippen LogP contribution in [0.2, 0.25) is 0 Å². The van der Waals surface area contributed by atoms with E-state index in [9.17, 15) is 4.79 Å². The maximum Gasteiger partial charge on any atom is 0.251 e. The fourth-order valence-electron chi connectivity index (χ4n) is 2.27. The molecule has 1 N–H and O–H groups in total. The summed E-state index contributed by atoms with van der Waals surface area (Å²) < 4.78 is 5.80. The molecule has 0 aromatic carbocycles. The number of thiophene rings is 1. The van der Waals surface area contributed by atoms with Gasteiger partial charge in [0.25, 0.3) is 5.91 Å². The van der Waals surface area contributed by atoms with Crippen molar-refractivity contribution in [2.75, 3.05) is 20.6 Å². The van der Waals surface area contributed by atoms with Crippen LogP contribution in [-0.4, -0.2) is 43.7 Å². The van der Waals surface area contributed by atoms with E-state index in [1.807, 2.05) is 0 Å². The number of ether oxygens (including phenoxy) is 1. The highest BCUT2D eigenvalue weighted by atomic mass is 32.1. The van der Waals surface area contributed by atoms with Crippen LogP contribution in [0, 0.1) is 0 Å². The smallest absolute Gasteiger partial charge is 0.251 e. The van der Waals surface area contributed by atoms with Gasteiger partial charge in [-0.05, 0) is 31.2 Å². The third-order valence-corrected chi connectivity index (χ3v) is 4.50. The van der Waals surface area contributed by atoms with Crippen molar-refractivity contribution in [1.82, 2.24) is 10.2 Å². The fourth-order valence-corrected chi connectivity index (χ4v) is 3.03. The molecule has 5 heteroatoms. The van der Waals surface area contributed by atoms with Crippen molar-refractivity contribution in [2.24, 2.45) is 0 Å². The number of rotatable bonds is 5. The highest BCUT2D eigenvalue weighted by molar-refractivity contribution is 7.10. The Morgan fingerprint density at radius 1 is 1.58 bits per heavy atom. The predicted octanol–water partition coefficient (Wildman–Crippen LogP) is 2.03. The number of likely N-dealkylation sites (N-methyl/N-ethyl adjacent to an activating group) is 1. The summed E-state index contributed by atoms with van der Waals surface area (Å²) in [6.45, 7) is 2.96. The monoisotopic (exact) mass is 282 g/mol. The van der Waals surface area contributed by atoms with E-state index in [0.29, 0.717) is 6.04 Å². The third-order valence-electron chi connectivity index (χ3n) is 3.45. The number of carbonyl (C=O) groups excluding carboxylic acids is 1. The zero-order chi connectivity index (χ0) is 13.8. The lowest BCUT2D eigenvalue weighted by molar-refractivity contribution is -0.140. The summed E-state index contributed by atoms with van der Waals surface area (Å²) in [7, 11) is 3.55. The topological polar surface area (TPSA) is 41.6 Å². The zero-order valence-corrected chi connectivity index (χ0v) is 12.6. The van der Waals surface area contributed by atoms with Crippen LogP contribution in [-0.2, 0) is 9.53 Å². The quantitative estimate of drug-likeness (QED) is 0.898. The molecule has 2 rings (SSSR count). The molecule has 1 aliphatic heterocycles. The Kier molecular flexibility index (Phi) is 4.96. The Labute approximate surface area is 118 Å². The summed E-state index contributed by atoms with van der Waals surface area (Å²) in [5.74, 6) is 0.0776. The van der Waals surface area contributed by atoms with Crippen molar-refractivity contribution < 1.29 is 9.53 Å². The first-order chi connectivity index (χ1) is 9.08. The standard InChI is InChI=1S/C14H22N2O2S/c1-10(13-5-4-8-19-13)15-9-11-6-7-12(18-11)14(17)16(2)3/h4-5,8,10-12,15H,6-7,9H2,1-3H3/t10-,11-,12+/m0/s1. The van der Waals surface area contributed by atoms with E-state index in [1.165, 1.54) is 4.88 Å². The maximum atomic E-state index is 11.8. The molecule has 1 aromatic heterocycles. The Morgan fingerprint density at radius 2 is 2.37 bits per heavy atom. The van der Waals surface area contributed by atoms with Crippen molar-refractivity contribution in [2.45, 2.75) is 38.0 Å². The average molecular weight is 282 g/mol. The normalized spacial score (nSPS) is 24.4. The molecule has 1 aromatic rings. The van der Waals surface area contributed by atoms with Gasteiger partial charge in [-0.25, -0.2) is 0 Å². The zero-order valence-electron chi connectivity index (χ0n) is 11.8. The number of nitrogens with zero attached hydrogens (tertiary/aromatic N) is 1. The van der Waals surface area contributed by atoms with E-state index < -0.39 is 0 Å². The van der Waals surface area contributed by atoms with Crippen LogP contribution in [0.1, 0.15) is 30.7 Å². The second-order valence-corrected chi connectivity index (χ2v) is 6.18. The second-order valence-electron chi connectivity index (χ2n) is 5.20. The van der Waals surface area contributed by atoms with E-state index in [2.05, 4.69) is 29.8 Å². The molecule has 0 spiro atoms. The largest absolute Gasteiger partial charge is 0.364 e. The summed E-state index contributed by atoms with van der Waals surface area (Å²) >= 11 is 1.76. The predicted molar refractivity (Wildman–Crippen MR) is 77.3 cm³/mol. The first-order valence-corrected chi connectivity index (χ1v) is 7.59. The van der Waals surface area contributed by atoms with Crippen LogP contribution in [0.25, 0.3) is 0 Å². The van der Waals surface area contributed by atoms with Gasteiger partial charge in [-0.15, -0.1) is 11.3 Å². The molecule has 19 heavy (non-hydrogen) atoms. The van der Waals surface area contributed by atoms with E-state index in [4.69, 9.17) is 4.74 Å². The van der Waals surface area contributed by atoms with Gasteiger partial charge in [0, 0.05) is 31.6 Å². The number of hydrogen-bond donors (Lipinski definition) is 1. The van der Waals surface area contributed by atoms with Gasteiger partial charge >= 0.3 is 0 Å². The van der Waals surface area contributed by atoms with Crippen molar-refractivity contribution in [3.8, 4) is 0 Å². The minimum Gasteiger partial charge on any atom is -0.364 e. The molecule has 0 bridgehead atoms. The van der Waals surface area contributed by atoms with E-state index in [1.54, 1.807) is 30.3 Å². The summed E-state index contributed by atoms with van der Waals surface area (Å²) in [5, 5.41) is 5.56. The van der Waals surface area contributed by atoms with Gasteiger partial charge < -0.3 is 15.0 Å². The molecule has 1 fully saturated rings. The van der Waals surface area contributed by atoms with Gasteiger partial charge in [0.15, 0.2) is 0 Å². The van der Waals surface area contributed by atoms with Crippen molar-refractivity contribution in [1.29, 1.82) is 0 Å². The molecular formula is C14H22N2O2S. The van der Waals surface area contributed by atoms with Crippen LogP contribution in [0.4, 0.5) is 0 Å². The minimum atomic E-state index is -0.251. The van der Waals surface area contributed by atoms with Crippen LogP contribution < -0.4 is 5.32 Å². The molecule has 3 atom stereocenters. The molecule has 1 amide bonds. The first-order valence-electron chi connectivity index (χ1n) is 6.71. The number of amides is 1. The van der Waals surface area contributed by atoms with E-state index in [-0.39, 0.29) is 18.1 Å². The molecule has 0 saturated carbocycles. The van der Waals surface area contributed by atoms with E-state index >= 15 is 0 Å². The Hall–Kier alpha value is -0.910. The number of nitrogens with one attached hydrogen (secondary N) is 1. The third kappa shape index (κ3) is 3.78. The molecule has 106 valence electrons.